The van der Waals surface area contributed by atoms with Crippen molar-refractivity contribution in [3.05, 3.63) is 47.0 Å². The predicted molar refractivity (Wildman–Crippen MR) is 111 cm³/mol. The van der Waals surface area contributed by atoms with E-state index in [0.29, 0.717) is 24.1 Å². The fraction of sp³-hybridized carbons (Fsp3) is 0.545. The molecule has 1 atom stereocenters. The molecule has 2 aromatic rings. The van der Waals surface area contributed by atoms with Crippen LogP contribution in [0.4, 0.5) is 0 Å². The third-order valence-corrected chi connectivity index (χ3v) is 5.96. The standard InChI is InChI=1S/C22H31N5O2/c1-4-18-14(2)20(27-26-18)22(29)24-13-16-8-10-17(11-9-16)21(25-15(3)28)19-7-5-6-12-23-19/h5-7,12,16-17,21H,4,8-11,13H2,1-3H3,(H,24,29)(H,25,28)(H,26,27)/t16?,17?,21-/m1/s1. The number of aryl methyl sites for hydroxylation is 1. The molecule has 0 saturated heterocycles. The highest BCUT2D eigenvalue weighted by Crippen LogP contribution is 2.36. The van der Waals surface area contributed by atoms with Crippen LogP contribution in [-0.2, 0) is 11.2 Å². The second kappa shape index (κ2) is 9.67. The zero-order valence-electron chi connectivity index (χ0n) is 17.5. The maximum atomic E-state index is 12.5. The van der Waals surface area contributed by atoms with Crippen LogP contribution in [0.15, 0.2) is 24.4 Å². The molecule has 0 aromatic carbocycles. The molecule has 3 rings (SSSR count). The lowest BCUT2D eigenvalue weighted by Crippen LogP contribution is -2.36. The number of nitrogens with one attached hydrogen (secondary N) is 3. The quantitative estimate of drug-likeness (QED) is 0.668. The van der Waals surface area contributed by atoms with Crippen LogP contribution in [0, 0.1) is 18.8 Å². The van der Waals surface area contributed by atoms with E-state index in [2.05, 4.69) is 25.8 Å². The summed E-state index contributed by atoms with van der Waals surface area (Å²) in [4.78, 5) is 28.6. The lowest BCUT2D eigenvalue weighted by molar-refractivity contribution is -0.120. The highest BCUT2D eigenvalue weighted by Gasteiger charge is 2.30. The van der Waals surface area contributed by atoms with Gasteiger partial charge in [-0.05, 0) is 63.0 Å². The number of rotatable bonds is 7. The van der Waals surface area contributed by atoms with Crippen molar-refractivity contribution >= 4 is 11.8 Å². The number of hydrogen-bond donors (Lipinski definition) is 3. The Labute approximate surface area is 172 Å². The number of aromatic nitrogens is 3. The Hall–Kier alpha value is -2.70. The lowest BCUT2D eigenvalue weighted by atomic mass is 9.77. The van der Waals surface area contributed by atoms with E-state index in [1.807, 2.05) is 32.0 Å². The summed E-state index contributed by atoms with van der Waals surface area (Å²) < 4.78 is 0. The second-order valence-corrected chi connectivity index (χ2v) is 7.95. The molecule has 0 spiro atoms. The Morgan fingerprint density at radius 3 is 2.59 bits per heavy atom. The van der Waals surface area contributed by atoms with Crippen molar-refractivity contribution in [2.24, 2.45) is 11.8 Å². The maximum absolute atomic E-state index is 12.5. The van der Waals surface area contributed by atoms with E-state index in [4.69, 9.17) is 0 Å². The topological polar surface area (TPSA) is 99.8 Å². The zero-order chi connectivity index (χ0) is 20.8. The molecule has 3 N–H and O–H groups in total. The highest BCUT2D eigenvalue weighted by molar-refractivity contribution is 5.93. The molecule has 156 valence electrons. The van der Waals surface area contributed by atoms with Gasteiger partial charge < -0.3 is 10.6 Å². The largest absolute Gasteiger partial charge is 0.350 e. The minimum atomic E-state index is -0.106. The van der Waals surface area contributed by atoms with Crippen LogP contribution in [0.3, 0.4) is 0 Å². The van der Waals surface area contributed by atoms with Gasteiger partial charge in [0.05, 0.1) is 11.7 Å². The van der Waals surface area contributed by atoms with Crippen LogP contribution in [0.25, 0.3) is 0 Å². The third kappa shape index (κ3) is 5.22. The first-order valence-corrected chi connectivity index (χ1v) is 10.5. The molecule has 2 amide bonds. The molecule has 0 aliphatic heterocycles. The van der Waals surface area contributed by atoms with Gasteiger partial charge in [-0.15, -0.1) is 0 Å². The van der Waals surface area contributed by atoms with E-state index in [1.54, 1.807) is 13.1 Å². The van der Waals surface area contributed by atoms with Gasteiger partial charge in [-0.3, -0.25) is 19.7 Å². The van der Waals surface area contributed by atoms with Crippen LogP contribution in [0.5, 0.6) is 0 Å². The van der Waals surface area contributed by atoms with E-state index in [9.17, 15) is 9.59 Å². The summed E-state index contributed by atoms with van der Waals surface area (Å²) in [5.74, 6) is 0.671. The van der Waals surface area contributed by atoms with E-state index in [1.165, 1.54) is 0 Å². The number of amides is 2. The normalized spacial score (nSPS) is 20.1. The molecule has 0 radical (unpaired) electrons. The van der Waals surface area contributed by atoms with Gasteiger partial charge in [-0.1, -0.05) is 13.0 Å². The van der Waals surface area contributed by atoms with Crippen LogP contribution >= 0.6 is 0 Å². The Bertz CT molecular complexity index is 825. The Morgan fingerprint density at radius 2 is 2.00 bits per heavy atom. The Kier molecular flexibility index (Phi) is 7.01. The number of nitrogens with zero attached hydrogens (tertiary/aromatic N) is 2. The molecular formula is C22H31N5O2. The van der Waals surface area contributed by atoms with Crippen molar-refractivity contribution in [2.75, 3.05) is 6.54 Å². The van der Waals surface area contributed by atoms with E-state index in [0.717, 1.165) is 49.1 Å². The molecule has 2 aromatic heterocycles. The van der Waals surface area contributed by atoms with E-state index >= 15 is 0 Å². The molecule has 7 heteroatoms. The number of pyridine rings is 1. The lowest BCUT2D eigenvalue weighted by Gasteiger charge is -2.34. The van der Waals surface area contributed by atoms with Crippen LogP contribution in [0.1, 0.15) is 73.0 Å². The van der Waals surface area contributed by atoms with E-state index < -0.39 is 0 Å². The summed E-state index contributed by atoms with van der Waals surface area (Å²) in [6, 6.07) is 5.77. The van der Waals surface area contributed by atoms with Gasteiger partial charge in [0.15, 0.2) is 5.69 Å². The third-order valence-electron chi connectivity index (χ3n) is 5.96. The van der Waals surface area contributed by atoms with Crippen molar-refractivity contribution in [1.82, 2.24) is 25.8 Å². The van der Waals surface area contributed by atoms with Crippen molar-refractivity contribution in [1.29, 1.82) is 0 Å². The molecule has 7 nitrogen and oxygen atoms in total. The number of H-pyrrole nitrogens is 1. The molecule has 0 bridgehead atoms. The first-order valence-electron chi connectivity index (χ1n) is 10.5. The van der Waals surface area contributed by atoms with Crippen LogP contribution in [-0.4, -0.2) is 33.5 Å². The summed E-state index contributed by atoms with van der Waals surface area (Å²) in [6.07, 6.45) is 6.66. The molecule has 0 unspecified atom stereocenters. The Balaban J connectivity index is 1.53. The summed E-state index contributed by atoms with van der Waals surface area (Å²) in [6.45, 7) is 6.19. The molecule has 1 aliphatic carbocycles. The minimum absolute atomic E-state index is 0.0316. The fourth-order valence-electron chi connectivity index (χ4n) is 4.26. The van der Waals surface area contributed by atoms with Crippen molar-refractivity contribution < 1.29 is 9.59 Å². The summed E-state index contributed by atoms with van der Waals surface area (Å²) >= 11 is 0. The van der Waals surface area contributed by atoms with Gasteiger partial charge in [0, 0.05) is 30.9 Å². The summed E-state index contributed by atoms with van der Waals surface area (Å²) in [5, 5.41) is 13.2. The highest BCUT2D eigenvalue weighted by atomic mass is 16.2. The molecule has 1 fully saturated rings. The predicted octanol–water partition coefficient (Wildman–Crippen LogP) is 3.09. The number of carbonyl (C=O) groups excluding carboxylic acids is 2. The number of hydrogen-bond acceptors (Lipinski definition) is 4. The van der Waals surface area contributed by atoms with Crippen LogP contribution < -0.4 is 10.6 Å². The van der Waals surface area contributed by atoms with Crippen molar-refractivity contribution in [3.8, 4) is 0 Å². The molecular weight excluding hydrogens is 366 g/mol. The van der Waals surface area contributed by atoms with Crippen LogP contribution in [0.2, 0.25) is 0 Å². The van der Waals surface area contributed by atoms with Gasteiger partial charge in [0.25, 0.3) is 5.91 Å². The Morgan fingerprint density at radius 1 is 1.24 bits per heavy atom. The molecule has 2 heterocycles. The van der Waals surface area contributed by atoms with Crippen molar-refractivity contribution in [2.45, 2.75) is 58.9 Å². The van der Waals surface area contributed by atoms with Gasteiger partial charge in [0.2, 0.25) is 5.91 Å². The molecule has 1 saturated carbocycles. The summed E-state index contributed by atoms with van der Waals surface area (Å²) in [7, 11) is 0. The first kappa shape index (κ1) is 21.0. The van der Waals surface area contributed by atoms with Crippen molar-refractivity contribution in [3.63, 3.8) is 0 Å². The van der Waals surface area contributed by atoms with Gasteiger partial charge in [-0.2, -0.15) is 5.10 Å². The second-order valence-electron chi connectivity index (χ2n) is 7.95. The number of carbonyl (C=O) groups is 2. The van der Waals surface area contributed by atoms with Gasteiger partial charge in [0.1, 0.15) is 0 Å². The monoisotopic (exact) mass is 397 g/mol. The average Bonchev–Trinajstić information content (AvgIpc) is 3.11. The minimum Gasteiger partial charge on any atom is -0.350 e. The van der Waals surface area contributed by atoms with E-state index in [-0.39, 0.29) is 17.9 Å². The smallest absolute Gasteiger partial charge is 0.272 e. The first-order chi connectivity index (χ1) is 14.0. The number of aromatic amines is 1. The SMILES string of the molecule is CCc1[nH]nc(C(=O)NCC2CCC([C@@H](NC(C)=O)c3ccccn3)CC2)c1C. The fourth-order valence-corrected chi connectivity index (χ4v) is 4.26. The average molecular weight is 398 g/mol. The van der Waals surface area contributed by atoms with Gasteiger partial charge >= 0.3 is 0 Å². The molecule has 29 heavy (non-hydrogen) atoms. The zero-order valence-corrected chi connectivity index (χ0v) is 17.5. The molecule has 1 aliphatic rings. The summed E-state index contributed by atoms with van der Waals surface area (Å²) in [5.41, 5.74) is 3.35. The maximum Gasteiger partial charge on any atom is 0.272 e. The van der Waals surface area contributed by atoms with Gasteiger partial charge in [-0.25, -0.2) is 0 Å².